The van der Waals surface area contributed by atoms with Gasteiger partial charge in [0.2, 0.25) is 0 Å². The molecule has 138 valence electrons. The van der Waals surface area contributed by atoms with Gasteiger partial charge in [-0.05, 0) is 43.4 Å². The zero-order chi connectivity index (χ0) is 19.2. The Morgan fingerprint density at radius 2 is 1.56 bits per heavy atom. The SMILES string of the molecule is CN1CCN(c2ccc(NC(=O)C(=O)Nc3ccccc3C#N)cc2)CC1. The summed E-state index contributed by atoms with van der Waals surface area (Å²) in [6.45, 7) is 3.96. The number of para-hydroxylation sites is 1. The van der Waals surface area contributed by atoms with Gasteiger partial charge in [-0.25, -0.2) is 0 Å². The molecule has 7 nitrogen and oxygen atoms in total. The van der Waals surface area contributed by atoms with Crippen molar-refractivity contribution in [2.45, 2.75) is 0 Å². The van der Waals surface area contributed by atoms with Crippen molar-refractivity contribution < 1.29 is 9.59 Å². The molecular formula is C20H21N5O2. The van der Waals surface area contributed by atoms with Gasteiger partial charge in [0.1, 0.15) is 6.07 Å². The second-order valence-corrected chi connectivity index (χ2v) is 6.40. The van der Waals surface area contributed by atoms with E-state index in [2.05, 4.69) is 27.5 Å². The maximum absolute atomic E-state index is 12.1. The number of nitrogens with zero attached hydrogens (tertiary/aromatic N) is 3. The van der Waals surface area contributed by atoms with Gasteiger partial charge in [0.25, 0.3) is 0 Å². The van der Waals surface area contributed by atoms with Crippen LogP contribution in [-0.4, -0.2) is 49.9 Å². The topological polar surface area (TPSA) is 88.5 Å². The third-order valence-corrected chi connectivity index (χ3v) is 4.50. The van der Waals surface area contributed by atoms with E-state index in [4.69, 9.17) is 5.26 Å². The van der Waals surface area contributed by atoms with Crippen LogP contribution >= 0.6 is 0 Å². The quantitative estimate of drug-likeness (QED) is 0.813. The Labute approximate surface area is 158 Å². The number of hydrogen-bond donors (Lipinski definition) is 2. The Bertz CT molecular complexity index is 865. The summed E-state index contributed by atoms with van der Waals surface area (Å²) in [5.74, 6) is -1.60. The number of piperazine rings is 1. The van der Waals surface area contributed by atoms with Gasteiger partial charge in [-0.15, -0.1) is 0 Å². The van der Waals surface area contributed by atoms with Crippen LogP contribution in [-0.2, 0) is 9.59 Å². The lowest BCUT2D eigenvalue weighted by Gasteiger charge is -2.34. The van der Waals surface area contributed by atoms with Gasteiger partial charge in [0.15, 0.2) is 0 Å². The smallest absolute Gasteiger partial charge is 0.314 e. The molecule has 1 fully saturated rings. The number of rotatable bonds is 3. The third-order valence-electron chi connectivity index (χ3n) is 4.50. The van der Waals surface area contributed by atoms with Gasteiger partial charge in [-0.3, -0.25) is 9.59 Å². The summed E-state index contributed by atoms with van der Waals surface area (Å²) in [6, 6.07) is 15.9. The molecule has 0 spiro atoms. The largest absolute Gasteiger partial charge is 0.369 e. The van der Waals surface area contributed by atoms with Gasteiger partial charge < -0.3 is 20.4 Å². The number of amides is 2. The molecule has 2 amide bonds. The van der Waals surface area contributed by atoms with Crippen molar-refractivity contribution >= 4 is 28.9 Å². The fourth-order valence-corrected chi connectivity index (χ4v) is 2.88. The summed E-state index contributed by atoms with van der Waals surface area (Å²) in [5.41, 5.74) is 2.25. The first-order valence-electron chi connectivity index (χ1n) is 8.72. The minimum Gasteiger partial charge on any atom is -0.369 e. The lowest BCUT2D eigenvalue weighted by Crippen LogP contribution is -2.44. The minimum atomic E-state index is -0.819. The van der Waals surface area contributed by atoms with Crippen LogP contribution in [0.25, 0.3) is 0 Å². The van der Waals surface area contributed by atoms with Crippen LogP contribution in [0.5, 0.6) is 0 Å². The zero-order valence-electron chi connectivity index (χ0n) is 15.1. The fraction of sp³-hybridized carbons (Fsp3) is 0.250. The number of carbonyl (C=O) groups is 2. The van der Waals surface area contributed by atoms with Gasteiger partial charge in [-0.2, -0.15) is 5.26 Å². The molecule has 0 aromatic heterocycles. The van der Waals surface area contributed by atoms with E-state index >= 15 is 0 Å². The number of benzene rings is 2. The third kappa shape index (κ3) is 4.63. The van der Waals surface area contributed by atoms with E-state index in [0.29, 0.717) is 16.9 Å². The molecule has 2 aromatic rings. The van der Waals surface area contributed by atoms with Gasteiger partial charge in [0.05, 0.1) is 11.3 Å². The molecule has 0 saturated carbocycles. The van der Waals surface area contributed by atoms with E-state index in [-0.39, 0.29) is 0 Å². The summed E-state index contributed by atoms with van der Waals surface area (Å²) < 4.78 is 0. The van der Waals surface area contributed by atoms with Gasteiger partial charge >= 0.3 is 11.8 Å². The van der Waals surface area contributed by atoms with Crippen LogP contribution in [0.4, 0.5) is 17.1 Å². The van der Waals surface area contributed by atoms with Crippen molar-refractivity contribution in [3.05, 3.63) is 54.1 Å². The molecule has 2 aromatic carbocycles. The monoisotopic (exact) mass is 363 g/mol. The molecule has 1 aliphatic heterocycles. The Morgan fingerprint density at radius 3 is 2.22 bits per heavy atom. The van der Waals surface area contributed by atoms with E-state index in [9.17, 15) is 9.59 Å². The average Bonchev–Trinajstić information content (AvgIpc) is 2.69. The molecule has 0 aliphatic carbocycles. The highest BCUT2D eigenvalue weighted by Gasteiger charge is 2.17. The molecule has 0 radical (unpaired) electrons. The van der Waals surface area contributed by atoms with Crippen LogP contribution in [0.15, 0.2) is 48.5 Å². The first kappa shape index (κ1) is 18.4. The molecule has 7 heteroatoms. The second kappa shape index (κ2) is 8.34. The molecule has 0 atom stereocenters. The summed E-state index contributed by atoms with van der Waals surface area (Å²) >= 11 is 0. The van der Waals surface area contributed by atoms with Crippen LogP contribution in [0.3, 0.4) is 0 Å². The number of nitriles is 1. The van der Waals surface area contributed by atoms with Gasteiger partial charge in [0, 0.05) is 37.6 Å². The summed E-state index contributed by atoms with van der Waals surface area (Å²) in [4.78, 5) is 28.8. The van der Waals surface area contributed by atoms with Crippen molar-refractivity contribution in [2.75, 3.05) is 48.8 Å². The fourth-order valence-electron chi connectivity index (χ4n) is 2.88. The maximum atomic E-state index is 12.1. The highest BCUT2D eigenvalue weighted by molar-refractivity contribution is 6.43. The first-order valence-corrected chi connectivity index (χ1v) is 8.72. The normalized spacial score (nSPS) is 14.3. The average molecular weight is 363 g/mol. The molecule has 0 bridgehead atoms. The standard InChI is InChI=1S/C20H21N5O2/c1-24-10-12-25(13-11-24)17-8-6-16(7-9-17)22-19(26)20(27)23-18-5-3-2-4-15(18)14-21/h2-9H,10-13H2,1H3,(H,22,26)(H,23,27). The highest BCUT2D eigenvalue weighted by atomic mass is 16.2. The van der Waals surface area contributed by atoms with E-state index < -0.39 is 11.8 Å². The van der Waals surface area contributed by atoms with Crippen LogP contribution in [0.1, 0.15) is 5.56 Å². The Balaban J connectivity index is 1.59. The van der Waals surface area contributed by atoms with Crippen LogP contribution in [0, 0.1) is 11.3 Å². The Kier molecular flexibility index (Phi) is 5.69. The molecular weight excluding hydrogens is 342 g/mol. The summed E-state index contributed by atoms with van der Waals surface area (Å²) in [7, 11) is 2.11. The molecule has 27 heavy (non-hydrogen) atoms. The van der Waals surface area contributed by atoms with E-state index in [1.54, 1.807) is 36.4 Å². The molecule has 3 rings (SSSR count). The zero-order valence-corrected chi connectivity index (χ0v) is 15.1. The lowest BCUT2D eigenvalue weighted by atomic mass is 10.2. The van der Waals surface area contributed by atoms with Crippen molar-refractivity contribution in [2.24, 2.45) is 0 Å². The van der Waals surface area contributed by atoms with Crippen LogP contribution < -0.4 is 15.5 Å². The Morgan fingerprint density at radius 1 is 0.926 bits per heavy atom. The molecule has 1 saturated heterocycles. The lowest BCUT2D eigenvalue weighted by molar-refractivity contribution is -0.133. The van der Waals surface area contributed by atoms with Crippen molar-refractivity contribution in [3.8, 4) is 6.07 Å². The second-order valence-electron chi connectivity index (χ2n) is 6.40. The van der Waals surface area contributed by atoms with E-state index in [1.807, 2.05) is 18.2 Å². The predicted octanol–water partition coefficient (Wildman–Crippen LogP) is 1.89. The van der Waals surface area contributed by atoms with E-state index in [1.165, 1.54) is 0 Å². The molecule has 0 unspecified atom stereocenters. The number of hydrogen-bond acceptors (Lipinski definition) is 5. The Hall–Kier alpha value is -3.37. The molecule has 1 heterocycles. The molecule has 1 aliphatic rings. The predicted molar refractivity (Wildman–Crippen MR) is 105 cm³/mol. The number of likely N-dealkylation sites (N-methyl/N-ethyl adjacent to an activating group) is 1. The minimum absolute atomic E-state index is 0.301. The maximum Gasteiger partial charge on any atom is 0.314 e. The first-order chi connectivity index (χ1) is 13.1. The van der Waals surface area contributed by atoms with Crippen LogP contribution in [0.2, 0.25) is 0 Å². The molecule has 2 N–H and O–H groups in total. The van der Waals surface area contributed by atoms with Crippen molar-refractivity contribution in [1.29, 1.82) is 5.26 Å². The summed E-state index contributed by atoms with van der Waals surface area (Å²) in [5, 5.41) is 14.1. The van der Waals surface area contributed by atoms with E-state index in [0.717, 1.165) is 31.9 Å². The van der Waals surface area contributed by atoms with Crippen molar-refractivity contribution in [3.63, 3.8) is 0 Å². The number of carbonyl (C=O) groups excluding carboxylic acids is 2. The van der Waals surface area contributed by atoms with Gasteiger partial charge in [-0.1, -0.05) is 12.1 Å². The number of nitrogens with one attached hydrogen (secondary N) is 2. The van der Waals surface area contributed by atoms with Crippen molar-refractivity contribution in [1.82, 2.24) is 4.90 Å². The highest BCUT2D eigenvalue weighted by Crippen LogP contribution is 2.19. The summed E-state index contributed by atoms with van der Waals surface area (Å²) in [6.07, 6.45) is 0. The number of anilines is 3.